The highest BCUT2D eigenvalue weighted by Crippen LogP contribution is 2.23. The van der Waals surface area contributed by atoms with Crippen LogP contribution in [-0.2, 0) is 11.3 Å². The van der Waals surface area contributed by atoms with Crippen LogP contribution in [0.3, 0.4) is 0 Å². The summed E-state index contributed by atoms with van der Waals surface area (Å²) < 4.78 is 13.7. The summed E-state index contributed by atoms with van der Waals surface area (Å²) in [5.41, 5.74) is 0.628. The highest BCUT2D eigenvalue weighted by atomic mass is 35.5. The summed E-state index contributed by atoms with van der Waals surface area (Å²) in [6.45, 7) is 3.90. The van der Waals surface area contributed by atoms with Crippen LogP contribution in [0.4, 0.5) is 4.39 Å². The lowest BCUT2D eigenvalue weighted by Gasteiger charge is -2.30. The van der Waals surface area contributed by atoms with Gasteiger partial charge >= 0.3 is 0 Å². The van der Waals surface area contributed by atoms with E-state index in [4.69, 9.17) is 11.6 Å². The molecule has 1 aliphatic heterocycles. The minimum Gasteiger partial charge on any atom is -0.300 e. The van der Waals surface area contributed by atoms with Crippen molar-refractivity contribution < 1.29 is 9.18 Å². The molecular formula is C14H17ClFNO. The normalized spacial score (nSPS) is 17.9. The second-order valence-electron chi connectivity index (χ2n) is 4.87. The number of hydrogen-bond donors (Lipinski definition) is 0. The third kappa shape index (κ3) is 3.09. The number of halogens is 2. The topological polar surface area (TPSA) is 20.3 Å². The molecule has 0 spiro atoms. The summed E-state index contributed by atoms with van der Waals surface area (Å²) in [6.07, 6.45) is 1.75. The maximum Gasteiger partial charge on any atom is 0.146 e. The summed E-state index contributed by atoms with van der Waals surface area (Å²) in [4.78, 5) is 13.4. The molecule has 1 fully saturated rings. The van der Waals surface area contributed by atoms with E-state index in [0.717, 1.165) is 25.9 Å². The van der Waals surface area contributed by atoms with E-state index in [-0.39, 0.29) is 22.5 Å². The van der Waals surface area contributed by atoms with E-state index >= 15 is 0 Å². The van der Waals surface area contributed by atoms with E-state index in [1.54, 1.807) is 25.1 Å². The second kappa shape index (κ2) is 5.81. The Kier molecular flexibility index (Phi) is 4.36. The largest absolute Gasteiger partial charge is 0.300 e. The van der Waals surface area contributed by atoms with Crippen LogP contribution in [0.2, 0.25) is 5.02 Å². The van der Waals surface area contributed by atoms with Crippen molar-refractivity contribution in [2.24, 2.45) is 5.92 Å². The minimum absolute atomic E-state index is 0.172. The molecule has 1 aromatic carbocycles. The number of hydrogen-bond acceptors (Lipinski definition) is 2. The fourth-order valence-corrected chi connectivity index (χ4v) is 2.60. The van der Waals surface area contributed by atoms with E-state index < -0.39 is 0 Å². The summed E-state index contributed by atoms with van der Waals surface area (Å²) in [5, 5.41) is 0.172. The molecule has 0 aliphatic carbocycles. The lowest BCUT2D eigenvalue weighted by molar-refractivity contribution is -0.122. The number of carbonyl (C=O) groups is 1. The van der Waals surface area contributed by atoms with Gasteiger partial charge in [-0.2, -0.15) is 0 Å². The maximum atomic E-state index is 13.7. The molecule has 18 heavy (non-hydrogen) atoms. The molecule has 1 saturated heterocycles. The first-order valence-corrected chi connectivity index (χ1v) is 6.61. The van der Waals surface area contributed by atoms with E-state index in [9.17, 15) is 9.18 Å². The quantitative estimate of drug-likeness (QED) is 0.839. The highest BCUT2D eigenvalue weighted by Gasteiger charge is 2.22. The Morgan fingerprint density at radius 1 is 1.44 bits per heavy atom. The molecule has 0 N–H and O–H groups in total. The number of likely N-dealkylation sites (tertiary alicyclic amines) is 1. The average Bonchev–Trinajstić information content (AvgIpc) is 2.36. The zero-order chi connectivity index (χ0) is 13.1. The number of carbonyl (C=O) groups excluding carboxylic acids is 1. The number of Topliss-reactive ketones (excluding diaryl/α,β-unsaturated/α-hetero) is 1. The van der Waals surface area contributed by atoms with Gasteiger partial charge in [-0.3, -0.25) is 9.69 Å². The molecule has 0 bridgehead atoms. The fourth-order valence-electron chi connectivity index (χ4n) is 2.41. The number of nitrogens with zero attached hydrogens (tertiary/aromatic N) is 1. The van der Waals surface area contributed by atoms with Crippen LogP contribution in [0.1, 0.15) is 25.3 Å². The van der Waals surface area contributed by atoms with Gasteiger partial charge in [-0.05, 0) is 38.9 Å². The third-order valence-electron chi connectivity index (χ3n) is 3.59. The molecule has 98 valence electrons. The number of ketones is 1. The van der Waals surface area contributed by atoms with Gasteiger partial charge in [0.1, 0.15) is 11.6 Å². The zero-order valence-corrected chi connectivity index (χ0v) is 11.2. The standard InChI is InChI=1S/C14H17ClFNO/c1-10(18)11-5-7-17(8-6-11)9-12-3-2-4-13(15)14(12)16/h2-4,11H,5-9H2,1H3. The third-order valence-corrected chi connectivity index (χ3v) is 3.88. The van der Waals surface area contributed by atoms with Crippen molar-refractivity contribution in [2.75, 3.05) is 13.1 Å². The van der Waals surface area contributed by atoms with Crippen LogP contribution < -0.4 is 0 Å². The molecule has 1 aliphatic rings. The fraction of sp³-hybridized carbons (Fsp3) is 0.500. The van der Waals surface area contributed by atoms with Crippen molar-refractivity contribution in [3.8, 4) is 0 Å². The van der Waals surface area contributed by atoms with Crippen molar-refractivity contribution in [3.63, 3.8) is 0 Å². The first kappa shape index (κ1) is 13.5. The van der Waals surface area contributed by atoms with E-state index in [0.29, 0.717) is 12.1 Å². The molecule has 1 heterocycles. The first-order valence-electron chi connectivity index (χ1n) is 6.23. The van der Waals surface area contributed by atoms with Crippen molar-refractivity contribution >= 4 is 17.4 Å². The van der Waals surface area contributed by atoms with Gasteiger partial charge in [0.05, 0.1) is 5.02 Å². The van der Waals surface area contributed by atoms with E-state index in [2.05, 4.69) is 4.90 Å². The Morgan fingerprint density at radius 3 is 2.72 bits per heavy atom. The van der Waals surface area contributed by atoms with Gasteiger partial charge in [0.2, 0.25) is 0 Å². The van der Waals surface area contributed by atoms with Gasteiger partial charge in [-0.15, -0.1) is 0 Å². The van der Waals surface area contributed by atoms with Crippen LogP contribution in [0.15, 0.2) is 18.2 Å². The SMILES string of the molecule is CC(=O)C1CCN(Cc2cccc(Cl)c2F)CC1. The molecule has 2 nitrogen and oxygen atoms in total. The number of piperidine rings is 1. The molecule has 4 heteroatoms. The van der Waals surface area contributed by atoms with E-state index in [1.165, 1.54) is 0 Å². The first-order chi connectivity index (χ1) is 8.58. The number of benzene rings is 1. The van der Waals surface area contributed by atoms with Crippen molar-refractivity contribution in [1.29, 1.82) is 0 Å². The lowest BCUT2D eigenvalue weighted by Crippen LogP contribution is -2.35. The molecule has 0 radical (unpaired) electrons. The van der Waals surface area contributed by atoms with Crippen LogP contribution in [-0.4, -0.2) is 23.8 Å². The summed E-state index contributed by atoms with van der Waals surface area (Å²) in [6, 6.07) is 5.09. The smallest absolute Gasteiger partial charge is 0.146 e. The Morgan fingerprint density at radius 2 is 2.11 bits per heavy atom. The molecule has 0 unspecified atom stereocenters. The monoisotopic (exact) mass is 269 g/mol. The van der Waals surface area contributed by atoms with E-state index in [1.807, 2.05) is 0 Å². The molecule has 2 rings (SSSR count). The van der Waals surface area contributed by atoms with Gasteiger partial charge < -0.3 is 0 Å². The molecular weight excluding hydrogens is 253 g/mol. The minimum atomic E-state index is -0.326. The van der Waals surface area contributed by atoms with Crippen LogP contribution in [0.5, 0.6) is 0 Å². The second-order valence-corrected chi connectivity index (χ2v) is 5.28. The van der Waals surface area contributed by atoms with Gasteiger partial charge in [-0.25, -0.2) is 4.39 Å². The number of rotatable bonds is 3. The van der Waals surface area contributed by atoms with Gasteiger partial charge in [-0.1, -0.05) is 23.7 Å². The van der Waals surface area contributed by atoms with Gasteiger partial charge in [0, 0.05) is 18.0 Å². The Balaban J connectivity index is 1.96. The van der Waals surface area contributed by atoms with Gasteiger partial charge in [0.15, 0.2) is 0 Å². The predicted octanol–water partition coefficient (Wildman–Crippen LogP) is 3.28. The van der Waals surface area contributed by atoms with Crippen molar-refractivity contribution in [2.45, 2.75) is 26.3 Å². The molecule has 1 aromatic rings. The summed E-state index contributed by atoms with van der Waals surface area (Å²) in [5.74, 6) is 0.127. The summed E-state index contributed by atoms with van der Waals surface area (Å²) in [7, 11) is 0. The molecule has 0 atom stereocenters. The average molecular weight is 270 g/mol. The summed E-state index contributed by atoms with van der Waals surface area (Å²) >= 11 is 5.76. The predicted molar refractivity (Wildman–Crippen MR) is 70.1 cm³/mol. The van der Waals surface area contributed by atoms with Crippen LogP contribution in [0.25, 0.3) is 0 Å². The molecule has 0 saturated carbocycles. The van der Waals surface area contributed by atoms with Crippen LogP contribution in [0, 0.1) is 11.7 Å². The van der Waals surface area contributed by atoms with Crippen LogP contribution >= 0.6 is 11.6 Å². The lowest BCUT2D eigenvalue weighted by atomic mass is 9.93. The Labute approximate surface area is 112 Å². The highest BCUT2D eigenvalue weighted by molar-refractivity contribution is 6.30. The Bertz CT molecular complexity index is 441. The molecule has 0 aromatic heterocycles. The Hall–Kier alpha value is -0.930. The van der Waals surface area contributed by atoms with Crippen molar-refractivity contribution in [3.05, 3.63) is 34.6 Å². The molecule has 0 amide bonds. The van der Waals surface area contributed by atoms with Crippen molar-refractivity contribution in [1.82, 2.24) is 4.90 Å². The maximum absolute atomic E-state index is 13.7. The zero-order valence-electron chi connectivity index (χ0n) is 10.5. The van der Waals surface area contributed by atoms with Gasteiger partial charge in [0.25, 0.3) is 0 Å².